The number of fused-ring (bicyclic) bond motifs is 5. The van der Waals surface area contributed by atoms with Gasteiger partial charge in [0.05, 0.1) is 17.3 Å². The number of aromatic nitrogens is 1. The van der Waals surface area contributed by atoms with Crippen LogP contribution in [0.1, 0.15) is 5.56 Å². The van der Waals surface area contributed by atoms with E-state index < -0.39 is 0 Å². The predicted molar refractivity (Wildman–Crippen MR) is 273 cm³/mol. The summed E-state index contributed by atoms with van der Waals surface area (Å²) >= 11 is 0. The van der Waals surface area contributed by atoms with Crippen LogP contribution < -0.4 is 4.90 Å². The molecule has 0 saturated carbocycles. The van der Waals surface area contributed by atoms with Crippen molar-refractivity contribution in [3.63, 3.8) is 0 Å². The van der Waals surface area contributed by atoms with E-state index in [0.717, 1.165) is 50.1 Å². The normalized spacial score (nSPS) is 11.4. The molecule has 0 saturated heterocycles. The molecule has 0 aliphatic rings. The summed E-state index contributed by atoms with van der Waals surface area (Å²) in [5, 5.41) is 21.8. The number of anilines is 3. The quantitative estimate of drug-likeness (QED) is 0.150. The Hall–Kier alpha value is -8.84. The van der Waals surface area contributed by atoms with Crippen LogP contribution in [0.15, 0.2) is 237 Å². The second kappa shape index (κ2) is 15.8. The molecule has 1 heterocycles. The average Bonchev–Trinajstić information content (AvgIpc) is 3.38. The third-order valence-corrected chi connectivity index (χ3v) is 13.0. The molecule has 0 bridgehead atoms. The fourth-order valence-electron chi connectivity index (χ4n) is 10.0. The molecular weight excluding hydrogens is 787 g/mol. The molecule has 0 spiro atoms. The van der Waals surface area contributed by atoms with Gasteiger partial charge in [0.25, 0.3) is 0 Å². The first-order valence-corrected chi connectivity index (χ1v) is 22.0. The van der Waals surface area contributed by atoms with Crippen molar-refractivity contribution in [1.82, 2.24) is 4.98 Å². The van der Waals surface area contributed by atoms with Gasteiger partial charge < -0.3 is 4.90 Å². The smallest absolute Gasteiger partial charge is 0.0991 e. The Morgan fingerprint density at radius 1 is 0.338 bits per heavy atom. The van der Waals surface area contributed by atoms with Crippen molar-refractivity contribution in [2.24, 2.45) is 0 Å². The number of hydrogen-bond donors (Lipinski definition) is 0. The minimum absolute atomic E-state index is 0.623. The Labute approximate surface area is 377 Å². The van der Waals surface area contributed by atoms with Gasteiger partial charge in [0.2, 0.25) is 0 Å². The summed E-state index contributed by atoms with van der Waals surface area (Å²) in [5.74, 6) is 0. The molecule has 0 unspecified atom stereocenters. The predicted octanol–water partition coefficient (Wildman–Crippen LogP) is 16.9. The number of pyridine rings is 1. The van der Waals surface area contributed by atoms with Crippen molar-refractivity contribution >= 4 is 70.9 Å². The molecule has 12 aromatic rings. The van der Waals surface area contributed by atoms with E-state index in [0.29, 0.717) is 5.56 Å². The van der Waals surface area contributed by atoms with Crippen LogP contribution >= 0.6 is 0 Å². The van der Waals surface area contributed by atoms with E-state index in [-0.39, 0.29) is 0 Å². The van der Waals surface area contributed by atoms with E-state index in [1.165, 1.54) is 65.3 Å². The summed E-state index contributed by atoms with van der Waals surface area (Å²) in [6.07, 6.45) is 3.65. The monoisotopic (exact) mass is 825 g/mol. The van der Waals surface area contributed by atoms with Gasteiger partial charge in [-0.1, -0.05) is 164 Å². The maximum Gasteiger partial charge on any atom is 0.0991 e. The van der Waals surface area contributed by atoms with Crippen molar-refractivity contribution < 1.29 is 0 Å². The first-order chi connectivity index (χ1) is 32.2. The molecule has 3 heteroatoms. The van der Waals surface area contributed by atoms with E-state index in [4.69, 9.17) is 0 Å². The highest BCUT2D eigenvalue weighted by Crippen LogP contribution is 2.49. The second-order valence-corrected chi connectivity index (χ2v) is 16.6. The SMILES string of the molecule is N#Cc1ccc(N(c2ccc(-c3ccncc3)cc2)c2ccc(-c3ccc4c(-c5cccc6ccccc56)c5ccccc5c(-c5cccc6ccccc56)c4c3)c3ccccc23)cc1. The Balaban J connectivity index is 1.10. The summed E-state index contributed by atoms with van der Waals surface area (Å²) < 4.78 is 0. The summed E-state index contributed by atoms with van der Waals surface area (Å²) in [5.41, 5.74) is 13.1. The Morgan fingerprint density at radius 2 is 0.815 bits per heavy atom. The van der Waals surface area contributed by atoms with Gasteiger partial charge in [0.15, 0.2) is 0 Å². The lowest BCUT2D eigenvalue weighted by Crippen LogP contribution is -2.10. The lowest BCUT2D eigenvalue weighted by molar-refractivity contribution is 1.29. The molecule has 302 valence electrons. The van der Waals surface area contributed by atoms with Gasteiger partial charge in [0.1, 0.15) is 0 Å². The maximum atomic E-state index is 9.71. The average molecular weight is 826 g/mol. The van der Waals surface area contributed by atoms with Gasteiger partial charge in [-0.2, -0.15) is 5.26 Å². The number of nitrogens with zero attached hydrogens (tertiary/aromatic N) is 3. The molecule has 65 heavy (non-hydrogen) atoms. The molecule has 0 fully saturated rings. The summed E-state index contributed by atoms with van der Waals surface area (Å²) in [4.78, 5) is 6.52. The molecular formula is C62H39N3. The van der Waals surface area contributed by atoms with Gasteiger partial charge >= 0.3 is 0 Å². The zero-order chi connectivity index (χ0) is 43.3. The lowest BCUT2D eigenvalue weighted by atomic mass is 9.82. The standard InChI is InChI=1S/C62H39N3/c63-40-41-23-28-47(29-24-41)65(48-30-25-42(26-31-48)43-35-37-64-38-36-43)60-34-33-51(52-17-5-6-18-53(52)60)46-27-32-58-59(39-46)62(55-22-10-14-45-12-2-4-16-50(45)55)57-20-8-7-19-56(57)61(58)54-21-9-13-44-11-1-3-15-49(44)54/h1-39H. The largest absolute Gasteiger partial charge is 0.310 e. The molecule has 11 aromatic carbocycles. The van der Waals surface area contributed by atoms with Crippen molar-refractivity contribution in [3.05, 3.63) is 242 Å². The van der Waals surface area contributed by atoms with E-state index in [1.807, 2.05) is 48.8 Å². The number of hydrogen-bond acceptors (Lipinski definition) is 3. The van der Waals surface area contributed by atoms with Crippen LogP contribution in [0.4, 0.5) is 17.1 Å². The fourth-order valence-corrected chi connectivity index (χ4v) is 10.0. The molecule has 3 nitrogen and oxygen atoms in total. The molecule has 0 amide bonds. The van der Waals surface area contributed by atoms with Crippen molar-refractivity contribution in [3.8, 4) is 50.6 Å². The third-order valence-electron chi connectivity index (χ3n) is 13.0. The number of nitriles is 1. The van der Waals surface area contributed by atoms with E-state index >= 15 is 0 Å². The molecule has 1 aromatic heterocycles. The first-order valence-electron chi connectivity index (χ1n) is 22.0. The zero-order valence-electron chi connectivity index (χ0n) is 35.4. The van der Waals surface area contributed by atoms with Crippen LogP contribution in [0.3, 0.4) is 0 Å². The molecule has 0 atom stereocenters. The van der Waals surface area contributed by atoms with E-state index in [2.05, 4.69) is 204 Å². The Kier molecular flexibility index (Phi) is 9.22. The molecule has 0 N–H and O–H groups in total. The molecule has 0 radical (unpaired) electrons. The van der Waals surface area contributed by atoms with Crippen LogP contribution in [0.2, 0.25) is 0 Å². The van der Waals surface area contributed by atoms with Crippen LogP contribution in [-0.4, -0.2) is 4.98 Å². The number of rotatable bonds is 7. The topological polar surface area (TPSA) is 39.9 Å². The minimum atomic E-state index is 0.623. The first kappa shape index (κ1) is 37.9. The summed E-state index contributed by atoms with van der Waals surface area (Å²) in [6.45, 7) is 0. The summed E-state index contributed by atoms with van der Waals surface area (Å²) in [6, 6.07) is 83.1. The molecule has 12 rings (SSSR count). The van der Waals surface area contributed by atoms with Crippen molar-refractivity contribution in [1.29, 1.82) is 5.26 Å². The van der Waals surface area contributed by atoms with Crippen molar-refractivity contribution in [2.75, 3.05) is 4.90 Å². The van der Waals surface area contributed by atoms with Gasteiger partial charge in [-0.15, -0.1) is 0 Å². The van der Waals surface area contributed by atoms with Crippen molar-refractivity contribution in [2.45, 2.75) is 0 Å². The maximum absolute atomic E-state index is 9.71. The molecule has 0 aliphatic heterocycles. The van der Waals surface area contributed by atoms with Gasteiger partial charge in [-0.3, -0.25) is 4.98 Å². The van der Waals surface area contributed by atoms with E-state index in [1.54, 1.807) is 0 Å². The van der Waals surface area contributed by atoms with Crippen LogP contribution in [0.25, 0.3) is 98.4 Å². The fraction of sp³-hybridized carbons (Fsp3) is 0. The Morgan fingerprint density at radius 3 is 1.43 bits per heavy atom. The molecule has 0 aliphatic carbocycles. The highest BCUT2D eigenvalue weighted by atomic mass is 15.1. The van der Waals surface area contributed by atoms with E-state index in [9.17, 15) is 5.26 Å². The zero-order valence-corrected chi connectivity index (χ0v) is 35.4. The third kappa shape index (κ3) is 6.47. The van der Waals surface area contributed by atoms with Crippen LogP contribution in [-0.2, 0) is 0 Å². The number of benzene rings is 11. The van der Waals surface area contributed by atoms with Gasteiger partial charge in [-0.25, -0.2) is 0 Å². The highest BCUT2D eigenvalue weighted by molar-refractivity contribution is 6.26. The second-order valence-electron chi connectivity index (χ2n) is 16.6. The summed E-state index contributed by atoms with van der Waals surface area (Å²) in [7, 11) is 0. The minimum Gasteiger partial charge on any atom is -0.310 e. The van der Waals surface area contributed by atoms with Crippen LogP contribution in [0.5, 0.6) is 0 Å². The lowest BCUT2D eigenvalue weighted by Gasteiger charge is -2.28. The Bertz CT molecular complexity index is 3820. The van der Waals surface area contributed by atoms with Crippen LogP contribution in [0, 0.1) is 11.3 Å². The highest BCUT2D eigenvalue weighted by Gasteiger charge is 2.22. The van der Waals surface area contributed by atoms with Gasteiger partial charge in [-0.05, 0) is 154 Å². The van der Waals surface area contributed by atoms with Gasteiger partial charge in [0, 0.05) is 29.2 Å².